The van der Waals surface area contributed by atoms with Crippen molar-refractivity contribution in [1.29, 1.82) is 0 Å². The predicted molar refractivity (Wildman–Crippen MR) is 91.4 cm³/mol. The van der Waals surface area contributed by atoms with Crippen molar-refractivity contribution in [3.8, 4) is 11.6 Å². The third-order valence-electron chi connectivity index (χ3n) is 4.27. The lowest BCUT2D eigenvalue weighted by molar-refractivity contribution is 0.100. The lowest BCUT2D eigenvalue weighted by Gasteiger charge is -2.13. The molecule has 4 heteroatoms. The van der Waals surface area contributed by atoms with Crippen LogP contribution in [-0.4, -0.2) is 24.0 Å². The van der Waals surface area contributed by atoms with Gasteiger partial charge in [-0.1, -0.05) is 51.4 Å². The van der Waals surface area contributed by atoms with Crippen LogP contribution in [0.15, 0.2) is 12.3 Å². The molecule has 0 spiro atoms. The van der Waals surface area contributed by atoms with Crippen LogP contribution in [0.5, 0.6) is 11.6 Å². The second-order valence-corrected chi connectivity index (χ2v) is 6.28. The Morgan fingerprint density at radius 1 is 0.870 bits per heavy atom. The Bertz CT molecular complexity index is 453. The Kier molecular flexibility index (Phi) is 7.91. The molecular formula is C19H29NO3. The largest absolute Gasteiger partial charge is 0.493 e. The molecule has 1 aromatic rings. The van der Waals surface area contributed by atoms with Crippen LogP contribution in [0.4, 0.5) is 0 Å². The first-order valence-corrected chi connectivity index (χ1v) is 9.04. The molecule has 0 amide bonds. The molecule has 0 atom stereocenters. The van der Waals surface area contributed by atoms with Gasteiger partial charge in [-0.15, -0.1) is 0 Å². The quantitative estimate of drug-likeness (QED) is 0.687. The zero-order chi connectivity index (χ0) is 16.3. The second-order valence-electron chi connectivity index (χ2n) is 6.28. The molecule has 4 nitrogen and oxygen atoms in total. The summed E-state index contributed by atoms with van der Waals surface area (Å²) in [5, 5.41) is 0. The molecule has 2 rings (SSSR count). The molecule has 1 aromatic heterocycles. The third-order valence-corrected chi connectivity index (χ3v) is 4.27. The van der Waals surface area contributed by atoms with Gasteiger partial charge in [0.1, 0.15) is 11.3 Å². The van der Waals surface area contributed by atoms with Gasteiger partial charge < -0.3 is 9.47 Å². The SMILES string of the molecule is CC(=O)c1c2ccnc1OCCCCCCCCCCCCO2. The van der Waals surface area contributed by atoms with Gasteiger partial charge in [0.15, 0.2) is 5.78 Å². The first-order valence-electron chi connectivity index (χ1n) is 9.04. The number of carbonyl (C=O) groups is 1. The highest BCUT2D eigenvalue weighted by Gasteiger charge is 2.17. The van der Waals surface area contributed by atoms with E-state index in [9.17, 15) is 4.79 Å². The molecule has 0 N–H and O–H groups in total. The molecule has 2 bridgehead atoms. The van der Waals surface area contributed by atoms with Crippen molar-refractivity contribution < 1.29 is 14.3 Å². The number of carbonyl (C=O) groups excluding carboxylic acids is 1. The van der Waals surface area contributed by atoms with Crippen molar-refractivity contribution in [2.45, 2.75) is 71.1 Å². The number of hydrogen-bond acceptors (Lipinski definition) is 4. The van der Waals surface area contributed by atoms with E-state index in [1.807, 2.05) is 0 Å². The number of ether oxygens (including phenoxy) is 2. The first kappa shape index (κ1) is 17.8. The van der Waals surface area contributed by atoms with Crippen LogP contribution in [0.3, 0.4) is 0 Å². The zero-order valence-electron chi connectivity index (χ0n) is 14.3. The molecule has 0 radical (unpaired) electrons. The maximum absolute atomic E-state index is 12.0. The van der Waals surface area contributed by atoms with Crippen LogP contribution >= 0.6 is 0 Å². The van der Waals surface area contributed by atoms with E-state index in [4.69, 9.17) is 9.47 Å². The highest BCUT2D eigenvalue weighted by atomic mass is 16.5. The summed E-state index contributed by atoms with van der Waals surface area (Å²) in [6, 6.07) is 1.76. The van der Waals surface area contributed by atoms with Crippen molar-refractivity contribution in [1.82, 2.24) is 4.98 Å². The van der Waals surface area contributed by atoms with Gasteiger partial charge in [0.05, 0.1) is 13.2 Å². The number of ketones is 1. The minimum Gasteiger partial charge on any atom is -0.493 e. The first-order chi connectivity index (χ1) is 11.3. The number of Topliss-reactive ketones (excluding diaryl/α,β-unsaturated/α-hetero) is 1. The molecule has 0 unspecified atom stereocenters. The van der Waals surface area contributed by atoms with E-state index in [2.05, 4.69) is 4.98 Å². The van der Waals surface area contributed by atoms with E-state index in [-0.39, 0.29) is 5.78 Å². The lowest BCUT2D eigenvalue weighted by atomic mass is 10.1. The van der Waals surface area contributed by atoms with Crippen LogP contribution in [0, 0.1) is 0 Å². The monoisotopic (exact) mass is 319 g/mol. The number of hydrogen-bond donors (Lipinski definition) is 0. The maximum Gasteiger partial charge on any atom is 0.228 e. The van der Waals surface area contributed by atoms with Gasteiger partial charge in [0, 0.05) is 6.20 Å². The van der Waals surface area contributed by atoms with Crippen LogP contribution in [0.25, 0.3) is 0 Å². The van der Waals surface area contributed by atoms with E-state index in [0.717, 1.165) is 12.8 Å². The molecule has 1 aliphatic heterocycles. The van der Waals surface area contributed by atoms with Gasteiger partial charge in [0.25, 0.3) is 0 Å². The highest BCUT2D eigenvalue weighted by Crippen LogP contribution is 2.27. The average molecular weight is 319 g/mol. The zero-order valence-corrected chi connectivity index (χ0v) is 14.3. The summed E-state index contributed by atoms with van der Waals surface area (Å²) in [5.74, 6) is 0.965. The highest BCUT2D eigenvalue weighted by molar-refractivity contribution is 5.99. The fraction of sp³-hybridized carbons (Fsp3) is 0.684. The summed E-state index contributed by atoms with van der Waals surface area (Å²) < 4.78 is 11.6. The number of rotatable bonds is 1. The lowest BCUT2D eigenvalue weighted by Crippen LogP contribution is -2.08. The van der Waals surface area contributed by atoms with E-state index >= 15 is 0 Å². The van der Waals surface area contributed by atoms with Crippen molar-refractivity contribution in [3.05, 3.63) is 17.8 Å². The van der Waals surface area contributed by atoms with E-state index in [1.165, 1.54) is 51.4 Å². The Labute approximate surface area is 139 Å². The van der Waals surface area contributed by atoms with E-state index < -0.39 is 0 Å². The van der Waals surface area contributed by atoms with Crippen LogP contribution in [0.2, 0.25) is 0 Å². The smallest absolute Gasteiger partial charge is 0.228 e. The van der Waals surface area contributed by atoms with Crippen LogP contribution < -0.4 is 9.47 Å². The minimum atomic E-state index is -0.0546. The van der Waals surface area contributed by atoms with Gasteiger partial charge in [-0.3, -0.25) is 4.79 Å². The average Bonchev–Trinajstić information content (AvgIpc) is 2.54. The fourth-order valence-electron chi connectivity index (χ4n) is 2.95. The number of fused-ring (bicyclic) bond motifs is 2. The van der Waals surface area contributed by atoms with Crippen LogP contribution in [0.1, 0.15) is 81.5 Å². The minimum absolute atomic E-state index is 0.0546. The summed E-state index contributed by atoms with van der Waals surface area (Å²) in [7, 11) is 0. The Hall–Kier alpha value is -1.58. The van der Waals surface area contributed by atoms with Gasteiger partial charge in [-0.2, -0.15) is 0 Å². The summed E-state index contributed by atoms with van der Waals surface area (Å²) >= 11 is 0. The van der Waals surface area contributed by atoms with Crippen molar-refractivity contribution >= 4 is 5.78 Å². The summed E-state index contributed by atoms with van der Waals surface area (Å²) in [5.41, 5.74) is 0.483. The molecule has 0 saturated heterocycles. The molecule has 0 aromatic carbocycles. The van der Waals surface area contributed by atoms with Gasteiger partial charge in [0.2, 0.25) is 5.88 Å². The number of pyridine rings is 1. The van der Waals surface area contributed by atoms with Gasteiger partial charge >= 0.3 is 0 Å². The summed E-state index contributed by atoms with van der Waals surface area (Å²) in [6.07, 6.45) is 13.9. The molecule has 2 heterocycles. The maximum atomic E-state index is 12.0. The van der Waals surface area contributed by atoms with Crippen molar-refractivity contribution in [3.63, 3.8) is 0 Å². The molecule has 23 heavy (non-hydrogen) atoms. The molecular weight excluding hydrogens is 290 g/mol. The van der Waals surface area contributed by atoms with E-state index in [1.54, 1.807) is 19.2 Å². The molecule has 128 valence electrons. The molecule has 0 aliphatic carbocycles. The van der Waals surface area contributed by atoms with Crippen molar-refractivity contribution in [2.24, 2.45) is 0 Å². The molecule has 1 aliphatic rings. The molecule has 0 saturated carbocycles. The second kappa shape index (κ2) is 10.2. The Morgan fingerprint density at radius 3 is 1.96 bits per heavy atom. The predicted octanol–water partition coefficient (Wildman–Crippen LogP) is 4.96. The number of nitrogens with zero attached hydrogens (tertiary/aromatic N) is 1. The standard InChI is InChI=1S/C19H29NO3/c1-16(21)18-17-12-13-20-19(18)23-15-11-9-7-5-3-2-4-6-8-10-14-22-17/h12-13H,2-11,14-15H2,1H3. The fourth-order valence-corrected chi connectivity index (χ4v) is 2.95. The van der Waals surface area contributed by atoms with Crippen molar-refractivity contribution in [2.75, 3.05) is 13.2 Å². The Balaban J connectivity index is 2.03. The summed E-state index contributed by atoms with van der Waals surface area (Å²) in [4.78, 5) is 16.2. The van der Waals surface area contributed by atoms with Gasteiger partial charge in [-0.25, -0.2) is 4.98 Å². The normalized spacial score (nSPS) is 18.3. The number of aromatic nitrogens is 1. The van der Waals surface area contributed by atoms with Gasteiger partial charge in [-0.05, 0) is 25.8 Å². The van der Waals surface area contributed by atoms with Crippen LogP contribution in [-0.2, 0) is 0 Å². The topological polar surface area (TPSA) is 48.4 Å². The molecule has 0 fully saturated rings. The Morgan fingerprint density at radius 2 is 1.39 bits per heavy atom. The summed E-state index contributed by atoms with van der Waals surface area (Å²) in [6.45, 7) is 2.79. The van der Waals surface area contributed by atoms with E-state index in [0.29, 0.717) is 30.4 Å². The third kappa shape index (κ3) is 6.20.